The molecule has 0 fully saturated rings. The van der Waals surface area contributed by atoms with Gasteiger partial charge in [0.1, 0.15) is 10.4 Å². The number of benzene rings is 1. The van der Waals surface area contributed by atoms with E-state index in [0.29, 0.717) is 22.0 Å². The van der Waals surface area contributed by atoms with Crippen LogP contribution in [0.4, 0.5) is 5.13 Å². The molecule has 0 aliphatic carbocycles. The Kier molecular flexibility index (Phi) is 3.68. The molecule has 0 aliphatic rings. The lowest BCUT2D eigenvalue weighted by Crippen LogP contribution is -2.07. The molecular formula is C14H14N4O3S. The van der Waals surface area contributed by atoms with Crippen LogP contribution in [0.25, 0.3) is 10.3 Å². The minimum atomic E-state index is -0.498. The number of hydrogen-bond acceptors (Lipinski definition) is 7. The molecule has 0 saturated heterocycles. The second kappa shape index (κ2) is 5.64. The van der Waals surface area contributed by atoms with E-state index in [1.54, 1.807) is 11.8 Å². The fourth-order valence-corrected chi connectivity index (χ4v) is 2.92. The van der Waals surface area contributed by atoms with Gasteiger partial charge in [0.15, 0.2) is 16.5 Å². The number of nitrogens with zero attached hydrogens (tertiary/aromatic N) is 3. The molecule has 0 bridgehead atoms. The van der Waals surface area contributed by atoms with Gasteiger partial charge in [0.25, 0.3) is 0 Å². The van der Waals surface area contributed by atoms with E-state index in [1.165, 1.54) is 18.4 Å². The minimum Gasteiger partial charge on any atom is -0.497 e. The molecule has 22 heavy (non-hydrogen) atoms. The molecule has 3 rings (SSSR count). The summed E-state index contributed by atoms with van der Waals surface area (Å²) in [6, 6.07) is 7.60. The summed E-state index contributed by atoms with van der Waals surface area (Å²) in [5, 5.41) is 4.69. The number of fused-ring (bicyclic) bond motifs is 1. The highest BCUT2D eigenvalue weighted by atomic mass is 32.1. The molecule has 1 aromatic carbocycles. The monoisotopic (exact) mass is 318 g/mol. The Morgan fingerprint density at radius 3 is 2.68 bits per heavy atom. The van der Waals surface area contributed by atoms with Gasteiger partial charge in [0, 0.05) is 0 Å². The second-order valence-corrected chi connectivity index (χ2v) is 5.58. The summed E-state index contributed by atoms with van der Waals surface area (Å²) in [4.78, 5) is 16.1. The first kappa shape index (κ1) is 14.3. The highest BCUT2D eigenvalue weighted by Crippen LogP contribution is 2.28. The smallest absolute Gasteiger partial charge is 0.360 e. The average molecular weight is 318 g/mol. The Morgan fingerprint density at radius 2 is 2.05 bits per heavy atom. The van der Waals surface area contributed by atoms with Crippen molar-refractivity contribution in [2.24, 2.45) is 0 Å². The predicted molar refractivity (Wildman–Crippen MR) is 83.3 cm³/mol. The summed E-state index contributed by atoms with van der Waals surface area (Å²) in [5.74, 6) is 0.282. The summed E-state index contributed by atoms with van der Waals surface area (Å²) < 4.78 is 12.2. The van der Waals surface area contributed by atoms with E-state index < -0.39 is 5.97 Å². The van der Waals surface area contributed by atoms with E-state index in [0.717, 1.165) is 11.3 Å². The third kappa shape index (κ3) is 2.48. The van der Waals surface area contributed by atoms with Crippen LogP contribution in [0.3, 0.4) is 0 Å². The van der Waals surface area contributed by atoms with E-state index in [4.69, 9.17) is 15.2 Å². The lowest BCUT2D eigenvalue weighted by atomic mass is 10.2. The molecule has 2 aromatic heterocycles. The lowest BCUT2D eigenvalue weighted by Gasteiger charge is -2.04. The van der Waals surface area contributed by atoms with Crippen molar-refractivity contribution in [3.8, 4) is 5.75 Å². The number of carbonyl (C=O) groups is 1. The molecule has 3 aromatic rings. The third-order valence-corrected chi connectivity index (χ3v) is 4.06. The SMILES string of the molecule is COC(=O)c1nn(Cc2ccc(OC)cc2)c2nc(N)sc12. The number of anilines is 1. The standard InChI is InChI=1S/C14H14N4O3S/c1-20-9-5-3-8(4-6-9)7-18-12-11(22-14(15)16-12)10(17-18)13(19)21-2/h3-6H,7H2,1-2H3,(H2,15,16). The van der Waals surface area contributed by atoms with Crippen molar-refractivity contribution in [3.63, 3.8) is 0 Å². The summed E-state index contributed by atoms with van der Waals surface area (Å²) in [7, 11) is 2.94. The number of nitrogen functional groups attached to an aromatic ring is 1. The maximum Gasteiger partial charge on any atom is 0.360 e. The molecule has 2 heterocycles. The van der Waals surface area contributed by atoms with E-state index in [2.05, 4.69) is 10.1 Å². The third-order valence-electron chi connectivity index (χ3n) is 3.18. The molecule has 8 heteroatoms. The van der Waals surface area contributed by atoms with Crippen molar-refractivity contribution < 1.29 is 14.3 Å². The van der Waals surface area contributed by atoms with Crippen molar-refractivity contribution in [3.05, 3.63) is 35.5 Å². The Bertz CT molecular complexity index is 823. The van der Waals surface area contributed by atoms with Crippen LogP contribution in [-0.4, -0.2) is 35.0 Å². The van der Waals surface area contributed by atoms with Gasteiger partial charge in [-0.2, -0.15) is 5.10 Å². The average Bonchev–Trinajstić information content (AvgIpc) is 3.06. The van der Waals surface area contributed by atoms with Crippen LogP contribution in [0.1, 0.15) is 16.1 Å². The number of hydrogen-bond donors (Lipinski definition) is 1. The number of nitrogens with two attached hydrogens (primary N) is 1. The van der Waals surface area contributed by atoms with Gasteiger partial charge in [-0.15, -0.1) is 0 Å². The Labute approximate surface area is 130 Å². The van der Waals surface area contributed by atoms with Gasteiger partial charge >= 0.3 is 5.97 Å². The first-order valence-electron chi connectivity index (χ1n) is 6.46. The van der Waals surface area contributed by atoms with Crippen LogP contribution >= 0.6 is 11.3 Å². The van der Waals surface area contributed by atoms with Gasteiger partial charge in [-0.3, -0.25) is 0 Å². The molecule has 7 nitrogen and oxygen atoms in total. The summed E-state index contributed by atoms with van der Waals surface area (Å²) in [6.45, 7) is 0.473. The van der Waals surface area contributed by atoms with E-state index >= 15 is 0 Å². The molecule has 0 amide bonds. The Morgan fingerprint density at radius 1 is 1.32 bits per heavy atom. The molecule has 0 radical (unpaired) electrons. The van der Waals surface area contributed by atoms with Gasteiger partial charge < -0.3 is 15.2 Å². The van der Waals surface area contributed by atoms with Gasteiger partial charge in [-0.1, -0.05) is 23.5 Å². The summed E-state index contributed by atoms with van der Waals surface area (Å²) in [5.41, 5.74) is 7.57. The van der Waals surface area contributed by atoms with Crippen molar-refractivity contribution in [1.82, 2.24) is 14.8 Å². The molecule has 0 spiro atoms. The minimum absolute atomic E-state index is 0.236. The van der Waals surface area contributed by atoms with Gasteiger partial charge in [-0.05, 0) is 17.7 Å². The number of rotatable bonds is 4. The molecule has 114 valence electrons. The zero-order valence-corrected chi connectivity index (χ0v) is 12.9. The summed E-state index contributed by atoms with van der Waals surface area (Å²) >= 11 is 1.22. The van der Waals surface area contributed by atoms with Crippen LogP contribution in [-0.2, 0) is 11.3 Å². The highest BCUT2D eigenvalue weighted by molar-refractivity contribution is 7.22. The van der Waals surface area contributed by atoms with Crippen molar-refractivity contribution in [2.45, 2.75) is 6.54 Å². The fourth-order valence-electron chi connectivity index (χ4n) is 2.12. The predicted octanol–water partition coefficient (Wildman–Crippen LogP) is 1.92. The lowest BCUT2D eigenvalue weighted by molar-refractivity contribution is 0.0595. The first-order valence-corrected chi connectivity index (χ1v) is 7.28. The van der Waals surface area contributed by atoms with Gasteiger partial charge in [0.2, 0.25) is 0 Å². The number of thiazole rings is 1. The van der Waals surface area contributed by atoms with Crippen LogP contribution in [0, 0.1) is 0 Å². The number of methoxy groups -OCH3 is 2. The second-order valence-electron chi connectivity index (χ2n) is 4.55. The fraction of sp³-hybridized carbons (Fsp3) is 0.214. The van der Waals surface area contributed by atoms with Crippen molar-refractivity contribution >= 4 is 32.8 Å². The van der Waals surface area contributed by atoms with Crippen molar-refractivity contribution in [1.29, 1.82) is 0 Å². The van der Waals surface area contributed by atoms with E-state index in [9.17, 15) is 4.79 Å². The molecule has 2 N–H and O–H groups in total. The molecule has 0 saturated carbocycles. The number of carbonyl (C=O) groups excluding carboxylic acids is 1. The maximum atomic E-state index is 11.8. The largest absolute Gasteiger partial charge is 0.497 e. The zero-order valence-electron chi connectivity index (χ0n) is 12.1. The number of aromatic nitrogens is 3. The molecular weight excluding hydrogens is 304 g/mol. The van der Waals surface area contributed by atoms with Crippen LogP contribution in [0.2, 0.25) is 0 Å². The molecule has 0 aliphatic heterocycles. The first-order chi connectivity index (χ1) is 10.6. The van der Waals surface area contributed by atoms with Crippen LogP contribution in [0.15, 0.2) is 24.3 Å². The molecule has 0 atom stereocenters. The normalized spacial score (nSPS) is 10.8. The topological polar surface area (TPSA) is 92.3 Å². The molecule has 0 unspecified atom stereocenters. The van der Waals surface area contributed by atoms with Gasteiger partial charge in [-0.25, -0.2) is 14.5 Å². The quantitative estimate of drug-likeness (QED) is 0.739. The van der Waals surface area contributed by atoms with Crippen LogP contribution in [0.5, 0.6) is 5.75 Å². The van der Waals surface area contributed by atoms with E-state index in [-0.39, 0.29) is 5.69 Å². The Balaban J connectivity index is 2.00. The van der Waals surface area contributed by atoms with E-state index in [1.807, 2.05) is 24.3 Å². The van der Waals surface area contributed by atoms with Crippen LogP contribution < -0.4 is 10.5 Å². The zero-order chi connectivity index (χ0) is 15.7. The van der Waals surface area contributed by atoms with Crippen molar-refractivity contribution in [2.75, 3.05) is 20.0 Å². The summed E-state index contributed by atoms with van der Waals surface area (Å²) in [6.07, 6.45) is 0. The Hall–Kier alpha value is -2.61. The number of ether oxygens (including phenoxy) is 2. The highest BCUT2D eigenvalue weighted by Gasteiger charge is 2.21. The maximum absolute atomic E-state index is 11.8. The number of esters is 1. The van der Waals surface area contributed by atoms with Gasteiger partial charge in [0.05, 0.1) is 20.8 Å².